The summed E-state index contributed by atoms with van der Waals surface area (Å²) in [6.45, 7) is 3.57. The largest absolute Gasteiger partial charge is 0.497 e. The van der Waals surface area contributed by atoms with E-state index >= 15 is 0 Å². The zero-order chi connectivity index (χ0) is 20.5. The lowest BCUT2D eigenvalue weighted by Crippen LogP contribution is -2.40. The SMILES string of the molecule is C=CCN1C(=O)[C@H](O)[C@H](c2ccc(OC)cc2)Cc2c1cccc2C(F)(F)F. The highest BCUT2D eigenvalue weighted by Gasteiger charge is 2.41. The highest BCUT2D eigenvalue weighted by molar-refractivity contribution is 5.99. The monoisotopic (exact) mass is 391 g/mol. The Balaban J connectivity index is 2.17. The number of hydrogen-bond donors (Lipinski definition) is 1. The van der Waals surface area contributed by atoms with Crippen LogP contribution in [0.25, 0.3) is 0 Å². The lowest BCUT2D eigenvalue weighted by molar-refractivity contribution is -0.138. The number of hydrogen-bond acceptors (Lipinski definition) is 3. The maximum absolute atomic E-state index is 13.6. The first-order chi connectivity index (χ1) is 13.3. The second-order valence-corrected chi connectivity index (χ2v) is 6.57. The molecule has 0 unspecified atom stereocenters. The zero-order valence-electron chi connectivity index (χ0n) is 15.2. The van der Waals surface area contributed by atoms with Crippen LogP contribution >= 0.6 is 0 Å². The first kappa shape index (κ1) is 19.9. The van der Waals surface area contributed by atoms with E-state index in [1.165, 1.54) is 25.3 Å². The fraction of sp³-hybridized carbons (Fsp3) is 0.286. The topological polar surface area (TPSA) is 49.8 Å². The number of aliphatic hydroxyl groups excluding tert-OH is 1. The van der Waals surface area contributed by atoms with Gasteiger partial charge in [-0.2, -0.15) is 13.2 Å². The molecule has 0 saturated carbocycles. The summed E-state index contributed by atoms with van der Waals surface area (Å²) in [5, 5.41) is 10.7. The highest BCUT2D eigenvalue weighted by Crippen LogP contribution is 2.42. The van der Waals surface area contributed by atoms with Crippen molar-refractivity contribution >= 4 is 11.6 Å². The summed E-state index contributed by atoms with van der Waals surface area (Å²) < 4.78 is 46.0. The number of halogens is 3. The van der Waals surface area contributed by atoms with E-state index in [9.17, 15) is 23.1 Å². The minimum absolute atomic E-state index is 0.000460. The van der Waals surface area contributed by atoms with Crippen molar-refractivity contribution in [1.29, 1.82) is 0 Å². The minimum Gasteiger partial charge on any atom is -0.497 e. The lowest BCUT2D eigenvalue weighted by atomic mass is 9.86. The molecule has 2 atom stereocenters. The van der Waals surface area contributed by atoms with Crippen LogP contribution in [-0.2, 0) is 17.4 Å². The quantitative estimate of drug-likeness (QED) is 0.804. The van der Waals surface area contributed by atoms with Gasteiger partial charge in [-0.15, -0.1) is 6.58 Å². The summed E-state index contributed by atoms with van der Waals surface area (Å²) in [6, 6.07) is 10.3. The molecule has 1 aliphatic rings. The van der Waals surface area contributed by atoms with Crippen molar-refractivity contribution in [2.45, 2.75) is 24.6 Å². The van der Waals surface area contributed by atoms with Gasteiger partial charge in [0.25, 0.3) is 5.91 Å². The number of nitrogens with zero attached hydrogens (tertiary/aromatic N) is 1. The fourth-order valence-electron chi connectivity index (χ4n) is 3.56. The van der Waals surface area contributed by atoms with Crippen LogP contribution < -0.4 is 9.64 Å². The van der Waals surface area contributed by atoms with Crippen LogP contribution in [0.3, 0.4) is 0 Å². The third-order valence-corrected chi connectivity index (χ3v) is 4.93. The molecule has 0 saturated heterocycles. The number of rotatable bonds is 4. The van der Waals surface area contributed by atoms with Crippen LogP contribution in [0.4, 0.5) is 18.9 Å². The molecule has 0 spiro atoms. The van der Waals surface area contributed by atoms with Gasteiger partial charge in [0.2, 0.25) is 0 Å². The molecule has 148 valence electrons. The van der Waals surface area contributed by atoms with Crippen LogP contribution in [0.5, 0.6) is 5.75 Å². The van der Waals surface area contributed by atoms with Gasteiger partial charge in [-0.25, -0.2) is 0 Å². The van der Waals surface area contributed by atoms with Crippen molar-refractivity contribution in [2.24, 2.45) is 0 Å². The highest BCUT2D eigenvalue weighted by atomic mass is 19.4. The van der Waals surface area contributed by atoms with Crippen LogP contribution in [0, 0.1) is 0 Å². The molecule has 1 N–H and O–H groups in total. The molecular weight excluding hydrogens is 371 g/mol. The van der Waals surface area contributed by atoms with Gasteiger partial charge < -0.3 is 14.7 Å². The number of methoxy groups -OCH3 is 1. The third-order valence-electron chi connectivity index (χ3n) is 4.93. The van der Waals surface area contributed by atoms with E-state index < -0.39 is 29.7 Å². The molecule has 1 aliphatic heterocycles. The van der Waals surface area contributed by atoms with E-state index in [1.54, 1.807) is 24.3 Å². The number of ether oxygens (including phenoxy) is 1. The number of carbonyl (C=O) groups excluding carboxylic acids is 1. The third kappa shape index (κ3) is 3.62. The van der Waals surface area contributed by atoms with E-state index in [0.717, 1.165) is 11.0 Å². The van der Waals surface area contributed by atoms with E-state index in [0.29, 0.717) is 11.3 Å². The molecule has 3 rings (SSSR count). The second-order valence-electron chi connectivity index (χ2n) is 6.57. The minimum atomic E-state index is -4.58. The molecule has 28 heavy (non-hydrogen) atoms. The van der Waals surface area contributed by atoms with Crippen molar-refractivity contribution in [1.82, 2.24) is 0 Å². The van der Waals surface area contributed by atoms with E-state index in [2.05, 4.69) is 6.58 Å². The van der Waals surface area contributed by atoms with Crippen molar-refractivity contribution in [3.63, 3.8) is 0 Å². The number of amides is 1. The van der Waals surface area contributed by atoms with Crippen LogP contribution in [-0.4, -0.2) is 30.8 Å². The number of anilines is 1. The van der Waals surface area contributed by atoms with Gasteiger partial charge >= 0.3 is 6.18 Å². The Labute approximate surface area is 160 Å². The summed E-state index contributed by atoms with van der Waals surface area (Å²) in [4.78, 5) is 14.0. The lowest BCUT2D eigenvalue weighted by Gasteiger charge is -2.25. The fourth-order valence-corrected chi connectivity index (χ4v) is 3.56. The first-order valence-electron chi connectivity index (χ1n) is 8.71. The number of fused-ring (bicyclic) bond motifs is 1. The van der Waals surface area contributed by atoms with Crippen LogP contribution in [0.1, 0.15) is 22.6 Å². The molecule has 7 heteroatoms. The summed E-state index contributed by atoms with van der Waals surface area (Å²) >= 11 is 0. The molecule has 1 heterocycles. The van der Waals surface area contributed by atoms with Gasteiger partial charge in [-0.3, -0.25) is 4.79 Å². The van der Waals surface area contributed by atoms with Gasteiger partial charge in [0.05, 0.1) is 12.7 Å². The van der Waals surface area contributed by atoms with E-state index in [1.807, 2.05) is 0 Å². The Morgan fingerprint density at radius 1 is 1.25 bits per heavy atom. The number of aliphatic hydroxyl groups is 1. The molecule has 4 nitrogen and oxygen atoms in total. The average Bonchev–Trinajstić information content (AvgIpc) is 2.78. The average molecular weight is 391 g/mol. The van der Waals surface area contributed by atoms with E-state index in [4.69, 9.17) is 4.74 Å². The number of carbonyl (C=O) groups is 1. The summed E-state index contributed by atoms with van der Waals surface area (Å²) in [5.74, 6) is -0.905. The Bertz CT molecular complexity index is 877. The molecule has 0 radical (unpaired) electrons. The van der Waals surface area contributed by atoms with Gasteiger partial charge in [0.1, 0.15) is 11.9 Å². The first-order valence-corrected chi connectivity index (χ1v) is 8.71. The summed E-state index contributed by atoms with van der Waals surface area (Å²) in [6.07, 6.45) is -4.77. The Morgan fingerprint density at radius 3 is 2.50 bits per heavy atom. The predicted molar refractivity (Wildman–Crippen MR) is 99.4 cm³/mol. The smallest absolute Gasteiger partial charge is 0.416 e. The standard InChI is InChI=1S/C21H20F3NO3/c1-3-11-25-18-6-4-5-17(21(22,23)24)16(18)12-15(19(26)20(25)27)13-7-9-14(28-2)10-8-13/h3-10,15,19,26H,1,11-12H2,2H3/t15-,19+/m0/s1. The molecule has 0 bridgehead atoms. The maximum Gasteiger partial charge on any atom is 0.416 e. The summed E-state index contributed by atoms with van der Waals surface area (Å²) in [7, 11) is 1.50. The Hall–Kier alpha value is -2.80. The van der Waals surface area contributed by atoms with Gasteiger partial charge in [-0.05, 0) is 41.8 Å². The van der Waals surface area contributed by atoms with Crippen molar-refractivity contribution in [3.05, 3.63) is 71.8 Å². The normalized spacial score (nSPS) is 19.8. The van der Waals surface area contributed by atoms with Crippen LogP contribution in [0.2, 0.25) is 0 Å². The van der Waals surface area contributed by atoms with Crippen molar-refractivity contribution in [3.8, 4) is 5.75 Å². The predicted octanol–water partition coefficient (Wildman–Crippen LogP) is 3.93. The molecule has 0 aliphatic carbocycles. The maximum atomic E-state index is 13.6. The van der Waals surface area contributed by atoms with Crippen LogP contribution in [0.15, 0.2) is 55.1 Å². The molecular formula is C21H20F3NO3. The Morgan fingerprint density at radius 2 is 1.93 bits per heavy atom. The zero-order valence-corrected chi connectivity index (χ0v) is 15.2. The van der Waals surface area contributed by atoms with Gasteiger partial charge in [0, 0.05) is 18.2 Å². The molecule has 1 amide bonds. The molecule has 0 aromatic heterocycles. The second kappa shape index (κ2) is 7.67. The van der Waals surface area contributed by atoms with Crippen molar-refractivity contribution < 1.29 is 27.8 Å². The van der Waals surface area contributed by atoms with E-state index in [-0.39, 0.29) is 24.2 Å². The number of benzene rings is 2. The van der Waals surface area contributed by atoms with Crippen molar-refractivity contribution in [2.75, 3.05) is 18.6 Å². The van der Waals surface area contributed by atoms with Gasteiger partial charge in [-0.1, -0.05) is 24.3 Å². The number of alkyl halides is 3. The Kier molecular flexibility index (Phi) is 5.47. The van der Waals surface area contributed by atoms with Gasteiger partial charge in [0.15, 0.2) is 0 Å². The molecule has 2 aromatic rings. The molecule has 2 aromatic carbocycles. The summed E-state index contributed by atoms with van der Waals surface area (Å²) in [5.41, 5.74) is -0.109. The molecule has 0 fully saturated rings.